The largest absolute Gasteiger partial charge is 0.478 e. The van der Waals surface area contributed by atoms with Crippen molar-refractivity contribution < 1.29 is 9.90 Å². The zero-order valence-corrected chi connectivity index (χ0v) is 7.00. The minimum atomic E-state index is -0.888. The van der Waals surface area contributed by atoms with Crippen molar-refractivity contribution in [1.82, 2.24) is 0 Å². The Labute approximate surface area is 67.2 Å². The fraction of sp³-hybridized carbons (Fsp3) is 0.444. The lowest BCUT2D eigenvalue weighted by molar-refractivity contribution is -0.131. The van der Waals surface area contributed by atoms with Gasteiger partial charge < -0.3 is 5.11 Å². The van der Waals surface area contributed by atoms with Gasteiger partial charge in [0.2, 0.25) is 0 Å². The molecule has 0 aromatic heterocycles. The number of hydrogen-bond acceptors (Lipinski definition) is 1. The second-order valence-electron chi connectivity index (χ2n) is 2.29. The standard InChI is InChI=1S/C9H14O2/c1-3-5-8(4-2)6-7-9(10)11/h4,6-7H,3,5H2,1-2H3,(H,10,11). The van der Waals surface area contributed by atoms with Gasteiger partial charge in [0.25, 0.3) is 0 Å². The molecular formula is C9H14O2. The van der Waals surface area contributed by atoms with Gasteiger partial charge in [-0.05, 0) is 13.3 Å². The van der Waals surface area contributed by atoms with Crippen LogP contribution in [0.4, 0.5) is 0 Å². The number of carboxylic acids is 1. The molecule has 0 aromatic carbocycles. The molecule has 0 fully saturated rings. The van der Waals surface area contributed by atoms with Gasteiger partial charge in [0.15, 0.2) is 0 Å². The van der Waals surface area contributed by atoms with E-state index in [4.69, 9.17) is 5.11 Å². The van der Waals surface area contributed by atoms with Crippen LogP contribution in [0, 0.1) is 0 Å². The van der Waals surface area contributed by atoms with Crippen molar-refractivity contribution in [2.45, 2.75) is 26.7 Å². The zero-order valence-electron chi connectivity index (χ0n) is 7.00. The number of carbonyl (C=O) groups is 1. The van der Waals surface area contributed by atoms with E-state index >= 15 is 0 Å². The summed E-state index contributed by atoms with van der Waals surface area (Å²) in [7, 11) is 0. The molecule has 0 unspecified atom stereocenters. The maximum Gasteiger partial charge on any atom is 0.328 e. The maximum absolute atomic E-state index is 10.1. The van der Waals surface area contributed by atoms with Crippen molar-refractivity contribution in [3.05, 3.63) is 23.8 Å². The molecule has 0 rings (SSSR count). The number of aliphatic carboxylic acids is 1. The van der Waals surface area contributed by atoms with Crippen molar-refractivity contribution in [3.63, 3.8) is 0 Å². The molecule has 0 spiro atoms. The summed E-state index contributed by atoms with van der Waals surface area (Å²) >= 11 is 0. The molecular weight excluding hydrogens is 140 g/mol. The summed E-state index contributed by atoms with van der Waals surface area (Å²) in [4.78, 5) is 10.1. The Morgan fingerprint density at radius 3 is 2.45 bits per heavy atom. The molecule has 0 saturated heterocycles. The molecule has 2 nitrogen and oxygen atoms in total. The molecule has 11 heavy (non-hydrogen) atoms. The quantitative estimate of drug-likeness (QED) is 0.498. The molecule has 62 valence electrons. The Bertz CT molecular complexity index is 178. The monoisotopic (exact) mass is 154 g/mol. The summed E-state index contributed by atoms with van der Waals surface area (Å²) in [5.41, 5.74) is 1.08. The Balaban J connectivity index is 3.98. The highest BCUT2D eigenvalue weighted by Crippen LogP contribution is 2.05. The SMILES string of the molecule is CC=C(C=CC(=O)O)CCC. The van der Waals surface area contributed by atoms with Gasteiger partial charge in [-0.15, -0.1) is 0 Å². The van der Waals surface area contributed by atoms with E-state index < -0.39 is 5.97 Å². The normalized spacial score (nSPS) is 12.4. The van der Waals surface area contributed by atoms with Gasteiger partial charge in [0, 0.05) is 6.08 Å². The van der Waals surface area contributed by atoms with Crippen molar-refractivity contribution >= 4 is 5.97 Å². The molecule has 2 heteroatoms. The fourth-order valence-corrected chi connectivity index (χ4v) is 0.791. The highest BCUT2D eigenvalue weighted by Gasteiger charge is 1.90. The van der Waals surface area contributed by atoms with Gasteiger partial charge >= 0.3 is 5.97 Å². The van der Waals surface area contributed by atoms with E-state index in [1.165, 1.54) is 6.08 Å². The molecule has 0 radical (unpaired) electrons. The van der Waals surface area contributed by atoms with Gasteiger partial charge in [0.1, 0.15) is 0 Å². The predicted octanol–water partition coefficient (Wildman–Crippen LogP) is 2.37. The second kappa shape index (κ2) is 5.71. The summed E-state index contributed by atoms with van der Waals surface area (Å²) in [6.07, 6.45) is 6.74. The zero-order chi connectivity index (χ0) is 8.69. The van der Waals surface area contributed by atoms with E-state index in [-0.39, 0.29) is 0 Å². The lowest BCUT2D eigenvalue weighted by atomic mass is 10.1. The first kappa shape index (κ1) is 9.95. The first-order valence-corrected chi connectivity index (χ1v) is 3.77. The summed E-state index contributed by atoms with van der Waals surface area (Å²) in [5.74, 6) is -0.888. The Morgan fingerprint density at radius 1 is 1.45 bits per heavy atom. The van der Waals surface area contributed by atoms with Crippen LogP contribution >= 0.6 is 0 Å². The van der Waals surface area contributed by atoms with Crippen LogP contribution in [0.15, 0.2) is 23.8 Å². The summed E-state index contributed by atoms with van der Waals surface area (Å²) < 4.78 is 0. The highest BCUT2D eigenvalue weighted by molar-refractivity contribution is 5.80. The van der Waals surface area contributed by atoms with Crippen LogP contribution in [0.1, 0.15) is 26.7 Å². The van der Waals surface area contributed by atoms with Crippen molar-refractivity contribution in [2.24, 2.45) is 0 Å². The molecule has 0 heterocycles. The van der Waals surface area contributed by atoms with Crippen molar-refractivity contribution in [1.29, 1.82) is 0 Å². The van der Waals surface area contributed by atoms with Gasteiger partial charge in [-0.2, -0.15) is 0 Å². The third kappa shape index (κ3) is 5.40. The van der Waals surface area contributed by atoms with E-state index in [0.717, 1.165) is 18.4 Å². The number of hydrogen-bond donors (Lipinski definition) is 1. The molecule has 0 saturated carbocycles. The van der Waals surface area contributed by atoms with Gasteiger partial charge in [0.05, 0.1) is 0 Å². The van der Waals surface area contributed by atoms with Crippen LogP contribution in [0.25, 0.3) is 0 Å². The summed E-state index contributed by atoms with van der Waals surface area (Å²) in [6.45, 7) is 3.98. The van der Waals surface area contributed by atoms with E-state index in [0.29, 0.717) is 0 Å². The number of carboxylic acid groups (broad SMARTS) is 1. The lowest BCUT2D eigenvalue weighted by Gasteiger charge is -1.95. The molecule has 0 aliphatic heterocycles. The first-order valence-electron chi connectivity index (χ1n) is 3.77. The molecule has 0 aliphatic rings. The number of rotatable bonds is 4. The molecule has 0 aliphatic carbocycles. The van der Waals surface area contributed by atoms with Crippen LogP contribution in [-0.2, 0) is 4.79 Å². The minimum absolute atomic E-state index is 0.888. The summed E-state index contributed by atoms with van der Waals surface area (Å²) in [5, 5.41) is 8.31. The Hall–Kier alpha value is -1.05. The molecule has 0 aromatic rings. The van der Waals surface area contributed by atoms with E-state index in [1.54, 1.807) is 6.08 Å². The van der Waals surface area contributed by atoms with Crippen LogP contribution < -0.4 is 0 Å². The lowest BCUT2D eigenvalue weighted by Crippen LogP contribution is -1.87. The maximum atomic E-state index is 10.1. The Kier molecular flexibility index (Phi) is 5.17. The topological polar surface area (TPSA) is 37.3 Å². The van der Waals surface area contributed by atoms with Gasteiger partial charge in [-0.3, -0.25) is 0 Å². The average Bonchev–Trinajstić information content (AvgIpc) is 1.97. The third-order valence-corrected chi connectivity index (χ3v) is 1.35. The third-order valence-electron chi connectivity index (χ3n) is 1.35. The van der Waals surface area contributed by atoms with Crippen LogP contribution in [-0.4, -0.2) is 11.1 Å². The average molecular weight is 154 g/mol. The molecule has 0 bridgehead atoms. The van der Waals surface area contributed by atoms with E-state index in [1.807, 2.05) is 13.0 Å². The van der Waals surface area contributed by atoms with Crippen molar-refractivity contribution in [2.75, 3.05) is 0 Å². The van der Waals surface area contributed by atoms with Crippen molar-refractivity contribution in [3.8, 4) is 0 Å². The van der Waals surface area contributed by atoms with Gasteiger partial charge in [-0.1, -0.05) is 31.1 Å². The first-order chi connectivity index (χ1) is 5.20. The van der Waals surface area contributed by atoms with E-state index in [2.05, 4.69) is 6.92 Å². The minimum Gasteiger partial charge on any atom is -0.478 e. The predicted molar refractivity (Wildman–Crippen MR) is 45.4 cm³/mol. The Morgan fingerprint density at radius 2 is 2.09 bits per heavy atom. The highest BCUT2D eigenvalue weighted by atomic mass is 16.4. The van der Waals surface area contributed by atoms with Gasteiger partial charge in [-0.25, -0.2) is 4.79 Å². The second-order valence-corrected chi connectivity index (χ2v) is 2.29. The summed E-state index contributed by atoms with van der Waals surface area (Å²) in [6, 6.07) is 0. The molecule has 1 N–H and O–H groups in total. The molecule has 0 amide bonds. The number of allylic oxidation sites excluding steroid dienone is 3. The smallest absolute Gasteiger partial charge is 0.328 e. The molecule has 0 atom stereocenters. The van der Waals surface area contributed by atoms with E-state index in [9.17, 15) is 4.79 Å². The fourth-order valence-electron chi connectivity index (χ4n) is 0.791. The van der Waals surface area contributed by atoms with Crippen LogP contribution in [0.5, 0.6) is 0 Å². The van der Waals surface area contributed by atoms with Crippen LogP contribution in [0.3, 0.4) is 0 Å². The van der Waals surface area contributed by atoms with Crippen LogP contribution in [0.2, 0.25) is 0 Å².